The molecule has 9 heteroatoms. The fraction of sp³-hybridized carbons (Fsp3) is 0.125. The van der Waals surface area contributed by atoms with Crippen LogP contribution < -0.4 is 10.9 Å². The maximum Gasteiger partial charge on any atom is 0.256 e. The van der Waals surface area contributed by atoms with E-state index < -0.39 is 6.10 Å². The van der Waals surface area contributed by atoms with Gasteiger partial charge in [-0.25, -0.2) is 4.98 Å². The highest BCUT2D eigenvalue weighted by Gasteiger charge is 2.16. The van der Waals surface area contributed by atoms with E-state index in [1.807, 2.05) is 31.4 Å². The molecule has 0 bridgehead atoms. The largest absolute Gasteiger partial charge is 0.389 e. The van der Waals surface area contributed by atoms with E-state index in [1.165, 1.54) is 0 Å². The lowest BCUT2D eigenvalue weighted by Crippen LogP contribution is -2.08. The number of aromatic amines is 1. The quantitative estimate of drug-likeness (QED) is 0.292. The zero-order valence-electron chi connectivity index (χ0n) is 17.7. The van der Waals surface area contributed by atoms with E-state index in [0.717, 1.165) is 16.5 Å². The molecule has 0 amide bonds. The topological polar surface area (TPSA) is 95.8 Å². The molecule has 33 heavy (non-hydrogen) atoms. The lowest BCUT2D eigenvalue weighted by Gasteiger charge is -2.15. The van der Waals surface area contributed by atoms with Crippen molar-refractivity contribution in [2.24, 2.45) is 7.05 Å². The summed E-state index contributed by atoms with van der Waals surface area (Å²) in [5.74, 6) is 0.450. The van der Waals surface area contributed by atoms with Gasteiger partial charge in [0.25, 0.3) is 5.56 Å². The molecule has 0 spiro atoms. The predicted molar refractivity (Wildman–Crippen MR) is 132 cm³/mol. The molecule has 1 atom stereocenters. The third kappa shape index (κ3) is 3.84. The van der Waals surface area contributed by atoms with Crippen LogP contribution in [0.15, 0.2) is 59.8 Å². The van der Waals surface area contributed by atoms with Crippen LogP contribution in [-0.2, 0) is 7.05 Å². The Morgan fingerprint density at radius 3 is 2.52 bits per heavy atom. The summed E-state index contributed by atoms with van der Waals surface area (Å²) >= 11 is 12.9. The number of aliphatic hydroxyl groups excluding tert-OH is 1. The molecule has 0 saturated heterocycles. The summed E-state index contributed by atoms with van der Waals surface area (Å²) in [4.78, 5) is 20.4. The third-order valence-electron chi connectivity index (χ3n) is 5.54. The van der Waals surface area contributed by atoms with Gasteiger partial charge in [-0.15, -0.1) is 0 Å². The fourth-order valence-electron chi connectivity index (χ4n) is 3.87. The molecule has 0 fully saturated rings. The van der Waals surface area contributed by atoms with Crippen molar-refractivity contribution in [1.29, 1.82) is 0 Å². The zero-order chi connectivity index (χ0) is 23.3. The number of rotatable bonds is 4. The van der Waals surface area contributed by atoms with Crippen molar-refractivity contribution >= 4 is 56.4 Å². The van der Waals surface area contributed by atoms with E-state index in [9.17, 15) is 9.90 Å². The second-order valence-electron chi connectivity index (χ2n) is 7.85. The smallest absolute Gasteiger partial charge is 0.256 e. The molecule has 5 rings (SSSR count). The number of anilines is 2. The van der Waals surface area contributed by atoms with Crippen molar-refractivity contribution in [2.75, 3.05) is 5.32 Å². The van der Waals surface area contributed by atoms with Gasteiger partial charge < -0.3 is 15.4 Å². The van der Waals surface area contributed by atoms with Gasteiger partial charge in [-0.3, -0.25) is 9.48 Å². The SMILES string of the molecule is CC(O)c1cc(Cl)c(Nc2nc3ccc(-c4cnn(C)c4)cc3c3c(=O)[nH]ccc23)c(Cl)c1. The second-order valence-corrected chi connectivity index (χ2v) is 8.67. The molecule has 3 N–H and O–H groups in total. The monoisotopic (exact) mass is 479 g/mol. The average molecular weight is 480 g/mol. The Labute approximate surface area is 198 Å². The summed E-state index contributed by atoms with van der Waals surface area (Å²) < 4.78 is 1.73. The minimum absolute atomic E-state index is 0.229. The minimum Gasteiger partial charge on any atom is -0.389 e. The molecule has 5 aromatic rings. The Balaban J connectivity index is 1.71. The number of hydrogen-bond donors (Lipinski definition) is 3. The molecule has 166 valence electrons. The number of aliphatic hydroxyl groups is 1. The number of nitrogens with one attached hydrogen (secondary N) is 2. The predicted octanol–water partition coefficient (Wildman–Crippen LogP) is 5.58. The van der Waals surface area contributed by atoms with Crippen LogP contribution in [0.1, 0.15) is 18.6 Å². The number of H-pyrrole nitrogens is 1. The Kier molecular flexibility index (Phi) is 5.32. The molecule has 0 aliphatic rings. The van der Waals surface area contributed by atoms with Gasteiger partial charge in [0, 0.05) is 35.8 Å². The molecular formula is C24H19Cl2N5O2. The van der Waals surface area contributed by atoms with Crippen LogP contribution in [0.4, 0.5) is 11.5 Å². The summed E-state index contributed by atoms with van der Waals surface area (Å²) in [5.41, 5.74) is 3.34. The van der Waals surface area contributed by atoms with Crippen LogP contribution in [0.5, 0.6) is 0 Å². The average Bonchev–Trinajstić information content (AvgIpc) is 3.22. The fourth-order valence-corrected chi connectivity index (χ4v) is 4.47. The van der Waals surface area contributed by atoms with E-state index in [4.69, 9.17) is 28.2 Å². The van der Waals surface area contributed by atoms with Gasteiger partial charge in [-0.2, -0.15) is 5.10 Å². The van der Waals surface area contributed by atoms with Crippen LogP contribution in [0.2, 0.25) is 10.0 Å². The van der Waals surface area contributed by atoms with E-state index in [0.29, 0.717) is 43.4 Å². The standard InChI is InChI=1S/C24H19Cl2N5O2/c1-12(32)14-8-18(25)22(19(26)9-14)30-23-16-5-6-27-24(33)21(16)17-7-13(3-4-20(17)29-23)15-10-28-31(2)11-15/h3-12,32H,1-2H3,(H,27,33)(H,29,30). The summed E-state index contributed by atoms with van der Waals surface area (Å²) in [6.45, 7) is 1.64. The van der Waals surface area contributed by atoms with Crippen molar-refractivity contribution < 1.29 is 5.11 Å². The van der Waals surface area contributed by atoms with E-state index >= 15 is 0 Å². The maximum absolute atomic E-state index is 12.9. The van der Waals surface area contributed by atoms with E-state index in [-0.39, 0.29) is 5.56 Å². The molecule has 0 radical (unpaired) electrons. The number of aromatic nitrogens is 4. The third-order valence-corrected chi connectivity index (χ3v) is 6.14. The number of halogens is 2. The number of benzene rings is 2. The van der Waals surface area contributed by atoms with Crippen molar-refractivity contribution in [1.82, 2.24) is 19.7 Å². The van der Waals surface area contributed by atoms with Crippen molar-refractivity contribution in [3.8, 4) is 11.1 Å². The number of aryl methyl sites for hydroxylation is 1. The lowest BCUT2D eigenvalue weighted by atomic mass is 10.0. The van der Waals surface area contributed by atoms with Gasteiger partial charge >= 0.3 is 0 Å². The molecule has 0 aliphatic carbocycles. The lowest BCUT2D eigenvalue weighted by molar-refractivity contribution is 0.199. The molecule has 1 unspecified atom stereocenters. The molecular weight excluding hydrogens is 461 g/mol. The second kappa shape index (κ2) is 8.19. The zero-order valence-corrected chi connectivity index (χ0v) is 19.2. The molecule has 7 nitrogen and oxygen atoms in total. The Morgan fingerprint density at radius 1 is 1.09 bits per heavy atom. The van der Waals surface area contributed by atoms with Crippen LogP contribution in [-0.4, -0.2) is 24.9 Å². The molecule has 3 heterocycles. The Hall–Kier alpha value is -3.39. The molecule has 3 aromatic heterocycles. The first kappa shape index (κ1) is 21.5. The molecule has 0 saturated carbocycles. The highest BCUT2D eigenvalue weighted by molar-refractivity contribution is 6.39. The number of fused-ring (bicyclic) bond motifs is 3. The maximum atomic E-state index is 12.9. The summed E-state index contributed by atoms with van der Waals surface area (Å²) in [7, 11) is 1.86. The van der Waals surface area contributed by atoms with Gasteiger partial charge in [0.2, 0.25) is 0 Å². The van der Waals surface area contributed by atoms with Crippen LogP contribution in [0, 0.1) is 0 Å². The highest BCUT2D eigenvalue weighted by Crippen LogP contribution is 2.38. The Bertz CT molecular complexity index is 1570. The summed E-state index contributed by atoms with van der Waals surface area (Å²) in [5, 5.41) is 19.8. The summed E-state index contributed by atoms with van der Waals surface area (Å²) in [6.07, 6.45) is 4.56. The number of nitrogens with zero attached hydrogens (tertiary/aromatic N) is 3. The number of pyridine rings is 2. The minimum atomic E-state index is -0.707. The first-order valence-corrected chi connectivity index (χ1v) is 11.0. The van der Waals surface area contributed by atoms with Gasteiger partial charge in [0.15, 0.2) is 0 Å². The molecule has 2 aromatic carbocycles. The van der Waals surface area contributed by atoms with Gasteiger partial charge in [-0.05, 0) is 48.4 Å². The Morgan fingerprint density at radius 2 is 1.85 bits per heavy atom. The first-order chi connectivity index (χ1) is 15.8. The van der Waals surface area contributed by atoms with Gasteiger partial charge in [0.1, 0.15) is 5.82 Å². The van der Waals surface area contributed by atoms with Crippen molar-refractivity contribution in [2.45, 2.75) is 13.0 Å². The van der Waals surface area contributed by atoms with Crippen LogP contribution >= 0.6 is 23.2 Å². The van der Waals surface area contributed by atoms with Crippen molar-refractivity contribution in [3.05, 3.63) is 81.0 Å². The molecule has 0 aliphatic heterocycles. The number of hydrogen-bond acceptors (Lipinski definition) is 5. The van der Waals surface area contributed by atoms with Crippen LogP contribution in [0.25, 0.3) is 32.8 Å². The van der Waals surface area contributed by atoms with Gasteiger partial charge in [-0.1, -0.05) is 29.3 Å². The summed E-state index contributed by atoms with van der Waals surface area (Å²) in [6, 6.07) is 10.8. The van der Waals surface area contributed by atoms with E-state index in [1.54, 1.807) is 42.2 Å². The van der Waals surface area contributed by atoms with Crippen LogP contribution in [0.3, 0.4) is 0 Å². The van der Waals surface area contributed by atoms with Crippen molar-refractivity contribution in [3.63, 3.8) is 0 Å². The van der Waals surface area contributed by atoms with Gasteiger partial charge in [0.05, 0.1) is 38.9 Å². The van der Waals surface area contributed by atoms with E-state index in [2.05, 4.69) is 15.4 Å². The highest BCUT2D eigenvalue weighted by atomic mass is 35.5. The first-order valence-electron chi connectivity index (χ1n) is 10.2. The normalized spacial score (nSPS) is 12.4.